The molecule has 0 radical (unpaired) electrons. The number of carbonyl (C=O) groups is 1. The summed E-state index contributed by atoms with van der Waals surface area (Å²) < 4.78 is 29.4. The van der Waals surface area contributed by atoms with Gasteiger partial charge in [-0.3, -0.25) is 0 Å². The number of nitrogens with two attached hydrogens (primary N) is 1. The fourth-order valence-electron chi connectivity index (χ4n) is 0.997. The van der Waals surface area contributed by atoms with Crippen LogP contribution in [0, 0.1) is 0 Å². The van der Waals surface area contributed by atoms with E-state index in [1.54, 1.807) is 0 Å². The van der Waals surface area contributed by atoms with Gasteiger partial charge in [0.15, 0.2) is 5.69 Å². The number of halogens is 3. The van der Waals surface area contributed by atoms with Gasteiger partial charge in [0.2, 0.25) is 0 Å². The number of esters is 1. The molecule has 1 heterocycles. The Morgan fingerprint density at radius 3 is 2.73 bits per heavy atom. The number of nitrogens with zero attached hydrogens (tertiary/aromatic N) is 1. The second-order valence-corrected chi connectivity index (χ2v) is 2.98. The van der Waals surface area contributed by atoms with Crippen molar-refractivity contribution in [2.45, 2.75) is 6.43 Å². The Bertz CT molecular complexity index is 398. The van der Waals surface area contributed by atoms with Crippen LogP contribution in [0.25, 0.3) is 0 Å². The number of methoxy groups -OCH3 is 1. The lowest BCUT2D eigenvalue weighted by Crippen LogP contribution is -2.11. The van der Waals surface area contributed by atoms with Crippen molar-refractivity contribution >= 4 is 23.3 Å². The zero-order valence-electron chi connectivity index (χ0n) is 7.63. The van der Waals surface area contributed by atoms with Gasteiger partial charge >= 0.3 is 5.97 Å². The van der Waals surface area contributed by atoms with Crippen molar-refractivity contribution < 1.29 is 18.3 Å². The Morgan fingerprint density at radius 1 is 1.67 bits per heavy atom. The first kappa shape index (κ1) is 11.6. The number of aromatic nitrogens is 1. The highest BCUT2D eigenvalue weighted by Crippen LogP contribution is 2.32. The average Bonchev–Trinajstić information content (AvgIpc) is 2.20. The van der Waals surface area contributed by atoms with Crippen LogP contribution >= 0.6 is 11.6 Å². The van der Waals surface area contributed by atoms with E-state index in [4.69, 9.17) is 17.3 Å². The molecule has 0 aliphatic heterocycles. The van der Waals surface area contributed by atoms with Gasteiger partial charge in [0, 0.05) is 6.20 Å². The van der Waals surface area contributed by atoms with Crippen LogP contribution in [-0.2, 0) is 4.74 Å². The number of carbonyl (C=O) groups excluding carboxylic acids is 1. The molecular weight excluding hydrogens is 230 g/mol. The third-order valence-corrected chi connectivity index (χ3v) is 2.01. The number of hydrogen-bond acceptors (Lipinski definition) is 4. The fraction of sp³-hybridized carbons (Fsp3) is 0.250. The SMILES string of the molecule is COC(=O)c1ncc(Cl)c(N)c1C(F)F. The van der Waals surface area contributed by atoms with E-state index in [1.165, 1.54) is 0 Å². The summed E-state index contributed by atoms with van der Waals surface area (Å²) in [6.45, 7) is 0. The molecule has 0 bridgehead atoms. The molecule has 7 heteroatoms. The van der Waals surface area contributed by atoms with Crippen molar-refractivity contribution in [2.24, 2.45) is 0 Å². The maximum absolute atomic E-state index is 12.6. The molecule has 0 unspecified atom stereocenters. The van der Waals surface area contributed by atoms with Gasteiger partial charge in [-0.05, 0) is 0 Å². The number of hydrogen-bond donors (Lipinski definition) is 1. The number of anilines is 1. The summed E-state index contributed by atoms with van der Waals surface area (Å²) in [5, 5.41) is -0.127. The fourth-order valence-corrected chi connectivity index (χ4v) is 1.15. The molecule has 4 nitrogen and oxygen atoms in total. The Kier molecular flexibility index (Phi) is 3.41. The number of pyridine rings is 1. The molecular formula is C8H7ClF2N2O2. The molecule has 1 aromatic rings. The van der Waals surface area contributed by atoms with Crippen LogP contribution in [0.4, 0.5) is 14.5 Å². The van der Waals surface area contributed by atoms with E-state index in [0.29, 0.717) is 0 Å². The van der Waals surface area contributed by atoms with Gasteiger partial charge in [-0.25, -0.2) is 18.6 Å². The van der Waals surface area contributed by atoms with Gasteiger partial charge in [0.1, 0.15) is 0 Å². The first-order valence-corrected chi connectivity index (χ1v) is 4.17. The molecule has 2 N–H and O–H groups in total. The Labute approximate surface area is 89.0 Å². The third-order valence-electron chi connectivity index (χ3n) is 1.71. The standard InChI is InChI=1S/C8H7ClF2N2O2/c1-15-8(14)6-4(7(10)11)5(12)3(9)2-13-6/h2,7H,1H3,(H2,12,13). The summed E-state index contributed by atoms with van der Waals surface area (Å²) in [5.41, 5.74) is 3.74. The lowest BCUT2D eigenvalue weighted by Gasteiger charge is -2.09. The highest BCUT2D eigenvalue weighted by atomic mass is 35.5. The van der Waals surface area contributed by atoms with E-state index in [2.05, 4.69) is 9.72 Å². The lowest BCUT2D eigenvalue weighted by atomic mass is 10.1. The molecule has 1 aromatic heterocycles. The Hall–Kier alpha value is -1.43. The van der Waals surface area contributed by atoms with Gasteiger partial charge in [0.25, 0.3) is 6.43 Å². The maximum atomic E-state index is 12.6. The quantitative estimate of drug-likeness (QED) is 0.798. The Morgan fingerprint density at radius 2 is 2.27 bits per heavy atom. The lowest BCUT2D eigenvalue weighted by molar-refractivity contribution is 0.0582. The van der Waals surface area contributed by atoms with E-state index in [0.717, 1.165) is 13.3 Å². The summed E-state index contributed by atoms with van der Waals surface area (Å²) >= 11 is 5.50. The zero-order valence-corrected chi connectivity index (χ0v) is 8.39. The van der Waals surface area contributed by atoms with E-state index in [-0.39, 0.29) is 10.7 Å². The van der Waals surface area contributed by atoms with Gasteiger partial charge in [-0.1, -0.05) is 11.6 Å². The first-order valence-electron chi connectivity index (χ1n) is 3.79. The zero-order chi connectivity index (χ0) is 11.6. The highest BCUT2D eigenvalue weighted by Gasteiger charge is 2.24. The molecule has 0 saturated carbocycles. The van der Waals surface area contributed by atoms with Gasteiger partial charge in [-0.2, -0.15) is 0 Å². The molecule has 1 rings (SSSR count). The van der Waals surface area contributed by atoms with Crippen LogP contribution < -0.4 is 5.73 Å². The van der Waals surface area contributed by atoms with Crippen molar-refractivity contribution in [3.63, 3.8) is 0 Å². The Balaban J connectivity index is 3.40. The molecule has 82 valence electrons. The van der Waals surface area contributed by atoms with Crippen molar-refractivity contribution in [1.29, 1.82) is 0 Å². The highest BCUT2D eigenvalue weighted by molar-refractivity contribution is 6.33. The monoisotopic (exact) mass is 236 g/mol. The number of alkyl halides is 2. The van der Waals surface area contributed by atoms with Crippen LogP contribution in [0.5, 0.6) is 0 Å². The molecule has 0 aliphatic carbocycles. The second-order valence-electron chi connectivity index (χ2n) is 2.57. The van der Waals surface area contributed by atoms with Gasteiger partial charge < -0.3 is 10.5 Å². The maximum Gasteiger partial charge on any atom is 0.357 e. The van der Waals surface area contributed by atoms with Crippen molar-refractivity contribution in [3.05, 3.63) is 22.5 Å². The second kappa shape index (κ2) is 4.39. The summed E-state index contributed by atoms with van der Waals surface area (Å²) in [7, 11) is 1.06. The van der Waals surface area contributed by atoms with Crippen LogP contribution in [0.1, 0.15) is 22.5 Å². The van der Waals surface area contributed by atoms with E-state index < -0.39 is 23.7 Å². The molecule has 0 spiro atoms. The molecule has 0 saturated heterocycles. The van der Waals surface area contributed by atoms with Crippen LogP contribution in [0.2, 0.25) is 5.02 Å². The third kappa shape index (κ3) is 2.15. The minimum atomic E-state index is -2.94. The largest absolute Gasteiger partial charge is 0.464 e. The smallest absolute Gasteiger partial charge is 0.357 e. The molecule has 0 atom stereocenters. The minimum Gasteiger partial charge on any atom is -0.464 e. The predicted molar refractivity (Wildman–Crippen MR) is 50.0 cm³/mol. The van der Waals surface area contributed by atoms with E-state index in [9.17, 15) is 13.6 Å². The van der Waals surface area contributed by atoms with E-state index >= 15 is 0 Å². The van der Waals surface area contributed by atoms with Crippen molar-refractivity contribution in [1.82, 2.24) is 4.98 Å². The van der Waals surface area contributed by atoms with Crippen LogP contribution in [0.3, 0.4) is 0 Å². The predicted octanol–water partition coefficient (Wildman–Crippen LogP) is 2.04. The van der Waals surface area contributed by atoms with Crippen LogP contribution in [0.15, 0.2) is 6.20 Å². The summed E-state index contributed by atoms with van der Waals surface area (Å²) in [4.78, 5) is 14.6. The van der Waals surface area contributed by atoms with Crippen molar-refractivity contribution in [3.8, 4) is 0 Å². The van der Waals surface area contributed by atoms with Gasteiger partial charge in [0.05, 0.1) is 23.4 Å². The summed E-state index contributed by atoms with van der Waals surface area (Å²) in [6, 6.07) is 0. The van der Waals surface area contributed by atoms with Gasteiger partial charge in [-0.15, -0.1) is 0 Å². The van der Waals surface area contributed by atoms with Crippen LogP contribution in [-0.4, -0.2) is 18.1 Å². The van der Waals surface area contributed by atoms with Crippen molar-refractivity contribution in [2.75, 3.05) is 12.8 Å². The average molecular weight is 237 g/mol. The molecule has 0 aliphatic rings. The number of nitrogen functional groups attached to an aromatic ring is 1. The number of rotatable bonds is 2. The number of ether oxygens (including phenoxy) is 1. The molecule has 0 fully saturated rings. The minimum absolute atomic E-state index is 0.127. The molecule has 0 aromatic carbocycles. The topological polar surface area (TPSA) is 65.2 Å². The first-order chi connectivity index (χ1) is 6.99. The summed E-state index contributed by atoms with van der Waals surface area (Å²) in [5.74, 6) is -0.978. The molecule has 15 heavy (non-hydrogen) atoms. The van der Waals surface area contributed by atoms with E-state index in [1.807, 2.05) is 0 Å². The summed E-state index contributed by atoms with van der Waals surface area (Å²) in [6.07, 6.45) is -1.92. The normalized spacial score (nSPS) is 10.5. The molecule has 0 amide bonds.